The van der Waals surface area contributed by atoms with Gasteiger partial charge in [-0.15, -0.1) is 12.6 Å². The molecule has 18 heavy (non-hydrogen) atoms. The minimum atomic E-state index is -0.491. The summed E-state index contributed by atoms with van der Waals surface area (Å²) >= 11 is 4.95. The average molecular weight is 263 g/mol. The molecule has 3 heteroatoms. The van der Waals surface area contributed by atoms with E-state index in [4.69, 9.17) is 17.4 Å². The van der Waals surface area contributed by atoms with Crippen LogP contribution in [0.15, 0.2) is 24.3 Å². The van der Waals surface area contributed by atoms with E-state index in [0.29, 0.717) is 6.04 Å². The van der Waals surface area contributed by atoms with Crippen LogP contribution in [-0.4, -0.2) is 18.2 Å². The summed E-state index contributed by atoms with van der Waals surface area (Å²) in [6, 6.07) is 8.87. The van der Waals surface area contributed by atoms with Crippen molar-refractivity contribution in [3.63, 3.8) is 0 Å². The number of hydrogen-bond donors (Lipinski definition) is 2. The minimum absolute atomic E-state index is 0.152. The van der Waals surface area contributed by atoms with E-state index in [2.05, 4.69) is 43.4 Å². The quantitative estimate of drug-likeness (QED) is 0.760. The molecular weight excluding hydrogens is 242 g/mol. The van der Waals surface area contributed by atoms with E-state index in [1.807, 2.05) is 0 Å². The van der Waals surface area contributed by atoms with Gasteiger partial charge in [0.1, 0.15) is 0 Å². The van der Waals surface area contributed by atoms with Gasteiger partial charge in [0.2, 0.25) is 0 Å². The molecule has 0 radical (unpaired) electrons. The van der Waals surface area contributed by atoms with Crippen molar-refractivity contribution in [2.45, 2.75) is 49.7 Å². The number of thiol groups is 1. The number of nitrogens with one attached hydrogen (secondary N) is 1. The molecule has 0 aromatic heterocycles. The molecule has 2 aliphatic rings. The zero-order valence-electron chi connectivity index (χ0n) is 11.1. The summed E-state index contributed by atoms with van der Waals surface area (Å²) in [6.07, 6.45) is 3.30. The fraction of sp³-hybridized carbons (Fsp3) is 0.600. The van der Waals surface area contributed by atoms with Gasteiger partial charge < -0.3 is 10.1 Å². The van der Waals surface area contributed by atoms with Crippen LogP contribution in [0.5, 0.6) is 0 Å². The smallest absolute Gasteiger partial charge is 0.152 e. The molecule has 1 saturated heterocycles. The van der Waals surface area contributed by atoms with E-state index in [1.165, 1.54) is 17.5 Å². The van der Waals surface area contributed by atoms with Crippen LogP contribution in [0.1, 0.15) is 37.8 Å². The summed E-state index contributed by atoms with van der Waals surface area (Å²) in [7, 11) is 0. The van der Waals surface area contributed by atoms with Gasteiger partial charge in [-0.1, -0.05) is 24.3 Å². The van der Waals surface area contributed by atoms with E-state index in [-0.39, 0.29) is 5.60 Å². The first-order valence-corrected chi connectivity index (χ1v) is 7.20. The van der Waals surface area contributed by atoms with Crippen LogP contribution in [0.3, 0.4) is 0 Å². The Kier molecular flexibility index (Phi) is 2.96. The average Bonchev–Trinajstić information content (AvgIpc) is 2.81. The van der Waals surface area contributed by atoms with Crippen molar-refractivity contribution in [2.24, 2.45) is 0 Å². The maximum atomic E-state index is 6.37. The maximum Gasteiger partial charge on any atom is 0.152 e. The molecule has 2 heterocycles. The van der Waals surface area contributed by atoms with Gasteiger partial charge in [0.05, 0.1) is 5.60 Å². The van der Waals surface area contributed by atoms with Gasteiger partial charge >= 0.3 is 0 Å². The number of hydrogen-bond acceptors (Lipinski definition) is 3. The second-order valence-electron chi connectivity index (χ2n) is 6.04. The Hall–Kier alpha value is -0.510. The van der Waals surface area contributed by atoms with Gasteiger partial charge in [-0.3, -0.25) is 0 Å². The third-order valence-electron chi connectivity index (χ3n) is 3.98. The summed E-state index contributed by atoms with van der Waals surface area (Å²) in [5.41, 5.74) is 2.46. The van der Waals surface area contributed by atoms with Gasteiger partial charge in [0, 0.05) is 12.5 Å². The monoisotopic (exact) mass is 263 g/mol. The highest BCUT2D eigenvalue weighted by molar-refractivity contribution is 7.81. The fourth-order valence-electron chi connectivity index (χ4n) is 3.27. The molecule has 1 N–H and O–H groups in total. The van der Waals surface area contributed by atoms with E-state index in [0.717, 1.165) is 19.4 Å². The predicted octanol–water partition coefficient (Wildman–Crippen LogP) is 2.87. The lowest BCUT2D eigenvalue weighted by Gasteiger charge is -2.46. The van der Waals surface area contributed by atoms with Crippen LogP contribution in [0, 0.1) is 0 Å². The van der Waals surface area contributed by atoms with Crippen LogP contribution in [-0.2, 0) is 16.1 Å². The molecule has 98 valence electrons. The standard InChI is InChI=1S/C15H21NOS/c1-14(2)10-11-6-3-4-7-12(11)15(18,17-14)13-8-5-9-16-13/h3-4,6-7,13,16,18H,5,8-10H2,1-2H3/t13-,15+/m1/s1. The van der Waals surface area contributed by atoms with Crippen LogP contribution >= 0.6 is 12.6 Å². The molecule has 2 atom stereocenters. The zero-order chi connectivity index (χ0) is 12.8. The molecule has 1 aromatic carbocycles. The lowest BCUT2D eigenvalue weighted by atomic mass is 9.85. The van der Waals surface area contributed by atoms with Crippen molar-refractivity contribution in [3.8, 4) is 0 Å². The minimum Gasteiger partial charge on any atom is -0.352 e. The molecular formula is C15H21NOS. The van der Waals surface area contributed by atoms with Crippen LogP contribution in [0.2, 0.25) is 0 Å². The first-order valence-electron chi connectivity index (χ1n) is 6.76. The van der Waals surface area contributed by atoms with Crippen molar-refractivity contribution in [1.82, 2.24) is 5.32 Å². The predicted molar refractivity (Wildman–Crippen MR) is 77.0 cm³/mol. The molecule has 1 fully saturated rings. The van der Waals surface area contributed by atoms with Gasteiger partial charge in [-0.25, -0.2) is 0 Å². The van der Waals surface area contributed by atoms with E-state index < -0.39 is 4.93 Å². The summed E-state index contributed by atoms with van der Waals surface area (Å²) in [5.74, 6) is 0. The highest BCUT2D eigenvalue weighted by Gasteiger charge is 2.47. The van der Waals surface area contributed by atoms with Crippen molar-refractivity contribution in [1.29, 1.82) is 0 Å². The van der Waals surface area contributed by atoms with Crippen LogP contribution < -0.4 is 5.32 Å². The largest absolute Gasteiger partial charge is 0.352 e. The molecule has 0 aliphatic carbocycles. The molecule has 0 spiro atoms. The molecule has 0 saturated carbocycles. The summed E-state index contributed by atoms with van der Waals surface area (Å²) in [4.78, 5) is -0.491. The maximum absolute atomic E-state index is 6.37. The van der Waals surface area contributed by atoms with Crippen LogP contribution in [0.25, 0.3) is 0 Å². The number of rotatable bonds is 1. The number of ether oxygens (including phenoxy) is 1. The second-order valence-corrected chi connectivity index (χ2v) is 6.71. The SMILES string of the molecule is CC1(C)Cc2ccccc2[C@](S)([C@H]2CCCN2)O1. The molecule has 2 nitrogen and oxygen atoms in total. The topological polar surface area (TPSA) is 21.3 Å². The van der Waals surface area contributed by atoms with Gasteiger partial charge in [0.15, 0.2) is 4.93 Å². The van der Waals surface area contributed by atoms with E-state index in [1.54, 1.807) is 0 Å². The molecule has 3 rings (SSSR count). The van der Waals surface area contributed by atoms with E-state index in [9.17, 15) is 0 Å². The normalized spacial score (nSPS) is 34.3. The van der Waals surface area contributed by atoms with Crippen LogP contribution in [0.4, 0.5) is 0 Å². The molecule has 1 aromatic rings. The van der Waals surface area contributed by atoms with Gasteiger partial charge in [-0.05, 0) is 44.4 Å². The van der Waals surface area contributed by atoms with Crippen molar-refractivity contribution in [3.05, 3.63) is 35.4 Å². The highest BCUT2D eigenvalue weighted by atomic mass is 32.1. The Morgan fingerprint density at radius 3 is 2.83 bits per heavy atom. The third-order valence-corrected chi connectivity index (χ3v) is 4.63. The number of benzene rings is 1. The van der Waals surface area contributed by atoms with Gasteiger partial charge in [0.25, 0.3) is 0 Å². The van der Waals surface area contributed by atoms with E-state index >= 15 is 0 Å². The summed E-state index contributed by atoms with van der Waals surface area (Å²) < 4.78 is 6.37. The Morgan fingerprint density at radius 1 is 1.33 bits per heavy atom. The molecule has 0 unspecified atom stereocenters. The zero-order valence-corrected chi connectivity index (χ0v) is 12.0. The number of fused-ring (bicyclic) bond motifs is 1. The Bertz CT molecular complexity index is 454. The molecule has 0 amide bonds. The third kappa shape index (κ3) is 1.98. The molecule has 0 bridgehead atoms. The fourth-order valence-corrected chi connectivity index (χ4v) is 3.96. The lowest BCUT2D eigenvalue weighted by molar-refractivity contribution is -0.118. The first kappa shape index (κ1) is 12.5. The first-order chi connectivity index (χ1) is 8.51. The Morgan fingerprint density at radius 2 is 2.11 bits per heavy atom. The lowest BCUT2D eigenvalue weighted by Crippen LogP contribution is -2.52. The van der Waals surface area contributed by atoms with Gasteiger partial charge in [-0.2, -0.15) is 0 Å². The van der Waals surface area contributed by atoms with Crippen molar-refractivity contribution >= 4 is 12.6 Å². The highest BCUT2D eigenvalue weighted by Crippen LogP contribution is 2.46. The Balaban J connectivity index is 2.07. The van der Waals surface area contributed by atoms with Crippen molar-refractivity contribution in [2.75, 3.05) is 6.54 Å². The van der Waals surface area contributed by atoms with Crippen molar-refractivity contribution < 1.29 is 4.74 Å². The summed E-state index contributed by atoms with van der Waals surface area (Å²) in [6.45, 7) is 5.38. The second kappa shape index (κ2) is 4.26. The summed E-state index contributed by atoms with van der Waals surface area (Å²) in [5, 5.41) is 3.54. The molecule has 2 aliphatic heterocycles. The Labute approximate surface area is 115 Å².